The third kappa shape index (κ3) is 4.65. The molecule has 2 amide bonds. The van der Waals surface area contributed by atoms with Gasteiger partial charge in [0.15, 0.2) is 0 Å². The minimum absolute atomic E-state index is 0.143. The van der Waals surface area contributed by atoms with Crippen LogP contribution in [0.3, 0.4) is 0 Å². The quantitative estimate of drug-likeness (QED) is 0.701. The number of hydrogen-bond acceptors (Lipinski definition) is 6. The van der Waals surface area contributed by atoms with Gasteiger partial charge in [0, 0.05) is 27.7 Å². The van der Waals surface area contributed by atoms with E-state index in [2.05, 4.69) is 20.4 Å². The van der Waals surface area contributed by atoms with E-state index in [1.165, 1.54) is 18.4 Å². The standard InChI is InChI=1S/C17H15N3O3S2/c1-23-17(22)20-13-4-2-12(3-5-13)18-15(21)8-14-10-25-16(19-14)11-6-7-24-9-11/h2-7,9-10H,8H2,1H3,(H,18,21)(H,20,22). The number of nitrogens with zero attached hydrogens (tertiary/aromatic N) is 1. The number of carbonyl (C=O) groups is 2. The van der Waals surface area contributed by atoms with E-state index in [0.717, 1.165) is 16.3 Å². The lowest BCUT2D eigenvalue weighted by molar-refractivity contribution is -0.115. The molecule has 0 radical (unpaired) electrons. The molecule has 0 saturated carbocycles. The van der Waals surface area contributed by atoms with Gasteiger partial charge in [-0.2, -0.15) is 11.3 Å². The molecule has 128 valence electrons. The molecule has 8 heteroatoms. The van der Waals surface area contributed by atoms with E-state index in [1.807, 2.05) is 22.2 Å². The molecule has 0 aliphatic heterocycles. The van der Waals surface area contributed by atoms with Crippen molar-refractivity contribution in [3.63, 3.8) is 0 Å². The molecular weight excluding hydrogens is 358 g/mol. The molecule has 0 atom stereocenters. The molecule has 0 unspecified atom stereocenters. The number of ether oxygens (including phenoxy) is 1. The monoisotopic (exact) mass is 373 g/mol. The average Bonchev–Trinajstić information content (AvgIpc) is 3.27. The predicted octanol–water partition coefficient (Wildman–Crippen LogP) is 4.23. The molecule has 0 fully saturated rings. The maximum absolute atomic E-state index is 12.2. The normalized spacial score (nSPS) is 10.3. The Hall–Kier alpha value is -2.71. The molecule has 25 heavy (non-hydrogen) atoms. The van der Waals surface area contributed by atoms with Gasteiger partial charge in [-0.05, 0) is 35.7 Å². The Labute approximate surface area is 152 Å². The molecule has 6 nitrogen and oxygen atoms in total. The number of aromatic nitrogens is 1. The van der Waals surface area contributed by atoms with E-state index in [9.17, 15) is 9.59 Å². The van der Waals surface area contributed by atoms with Crippen LogP contribution in [-0.2, 0) is 16.0 Å². The SMILES string of the molecule is COC(=O)Nc1ccc(NC(=O)Cc2csc(-c3ccsc3)n2)cc1. The molecule has 0 aliphatic rings. The Kier molecular flexibility index (Phi) is 5.42. The van der Waals surface area contributed by atoms with Crippen molar-refractivity contribution in [1.29, 1.82) is 0 Å². The number of nitrogens with one attached hydrogen (secondary N) is 2. The van der Waals surface area contributed by atoms with Gasteiger partial charge in [-0.1, -0.05) is 0 Å². The highest BCUT2D eigenvalue weighted by Gasteiger charge is 2.10. The molecule has 0 aliphatic carbocycles. The number of rotatable bonds is 5. The maximum atomic E-state index is 12.2. The van der Waals surface area contributed by atoms with Gasteiger partial charge in [0.05, 0.1) is 19.2 Å². The molecule has 0 bridgehead atoms. The van der Waals surface area contributed by atoms with Gasteiger partial charge in [-0.3, -0.25) is 10.1 Å². The zero-order chi connectivity index (χ0) is 17.6. The van der Waals surface area contributed by atoms with Gasteiger partial charge < -0.3 is 10.1 Å². The number of benzene rings is 1. The van der Waals surface area contributed by atoms with E-state index >= 15 is 0 Å². The number of hydrogen-bond donors (Lipinski definition) is 2. The third-order valence-corrected chi connectivity index (χ3v) is 4.89. The summed E-state index contributed by atoms with van der Waals surface area (Å²) in [6, 6.07) is 8.80. The van der Waals surface area contributed by atoms with Gasteiger partial charge in [0.2, 0.25) is 5.91 Å². The second kappa shape index (κ2) is 7.91. The zero-order valence-electron chi connectivity index (χ0n) is 13.3. The van der Waals surface area contributed by atoms with Crippen LogP contribution in [0.5, 0.6) is 0 Å². The summed E-state index contributed by atoms with van der Waals surface area (Å²) >= 11 is 3.15. The van der Waals surface area contributed by atoms with E-state index < -0.39 is 6.09 Å². The summed E-state index contributed by atoms with van der Waals surface area (Å²) in [5, 5.41) is 12.2. The van der Waals surface area contributed by atoms with Crippen molar-refractivity contribution in [2.24, 2.45) is 0 Å². The van der Waals surface area contributed by atoms with Crippen molar-refractivity contribution in [3.05, 3.63) is 52.2 Å². The fourth-order valence-corrected chi connectivity index (χ4v) is 3.61. The largest absolute Gasteiger partial charge is 0.453 e. The Balaban J connectivity index is 1.56. The lowest BCUT2D eigenvalue weighted by Gasteiger charge is -2.06. The summed E-state index contributed by atoms with van der Waals surface area (Å²) in [7, 11) is 1.30. The topological polar surface area (TPSA) is 80.3 Å². The summed E-state index contributed by atoms with van der Waals surface area (Å²) in [6.45, 7) is 0. The summed E-state index contributed by atoms with van der Waals surface area (Å²) < 4.78 is 4.52. The van der Waals surface area contributed by atoms with Crippen LogP contribution >= 0.6 is 22.7 Å². The fourth-order valence-electron chi connectivity index (χ4n) is 2.08. The first-order valence-corrected chi connectivity index (χ1v) is 9.18. The molecule has 0 saturated heterocycles. The third-order valence-electron chi connectivity index (χ3n) is 3.26. The van der Waals surface area contributed by atoms with Crippen LogP contribution < -0.4 is 10.6 Å². The van der Waals surface area contributed by atoms with Crippen LogP contribution in [0.25, 0.3) is 10.6 Å². The lowest BCUT2D eigenvalue weighted by Crippen LogP contribution is -2.15. The van der Waals surface area contributed by atoms with Crippen molar-refractivity contribution < 1.29 is 14.3 Å². The van der Waals surface area contributed by atoms with Gasteiger partial charge in [-0.15, -0.1) is 11.3 Å². The van der Waals surface area contributed by atoms with Gasteiger partial charge >= 0.3 is 6.09 Å². The number of thiophene rings is 1. The maximum Gasteiger partial charge on any atom is 0.411 e. The van der Waals surface area contributed by atoms with Crippen LogP contribution in [0.15, 0.2) is 46.5 Å². The second-order valence-electron chi connectivity index (χ2n) is 5.07. The van der Waals surface area contributed by atoms with Crippen LogP contribution in [0.4, 0.5) is 16.2 Å². The number of carbonyl (C=O) groups excluding carboxylic acids is 2. The fraction of sp³-hybridized carbons (Fsp3) is 0.118. The number of thiazole rings is 1. The summed E-state index contributed by atoms with van der Waals surface area (Å²) in [5.41, 5.74) is 3.06. The van der Waals surface area contributed by atoms with Crippen LogP contribution in [-0.4, -0.2) is 24.1 Å². The van der Waals surface area contributed by atoms with E-state index in [-0.39, 0.29) is 12.3 Å². The first-order valence-electron chi connectivity index (χ1n) is 7.36. The van der Waals surface area contributed by atoms with Crippen molar-refractivity contribution in [1.82, 2.24) is 4.98 Å². The van der Waals surface area contributed by atoms with E-state index in [0.29, 0.717) is 11.4 Å². The highest BCUT2D eigenvalue weighted by atomic mass is 32.1. The Bertz CT molecular complexity index is 858. The minimum atomic E-state index is -0.540. The van der Waals surface area contributed by atoms with Crippen molar-refractivity contribution in [2.45, 2.75) is 6.42 Å². The Morgan fingerprint density at radius 3 is 2.44 bits per heavy atom. The minimum Gasteiger partial charge on any atom is -0.453 e. The Morgan fingerprint density at radius 1 is 1.08 bits per heavy atom. The summed E-state index contributed by atoms with van der Waals surface area (Å²) in [6.07, 6.45) is -0.329. The molecule has 1 aromatic carbocycles. The molecular formula is C17H15N3O3S2. The highest BCUT2D eigenvalue weighted by Crippen LogP contribution is 2.26. The number of methoxy groups -OCH3 is 1. The van der Waals surface area contributed by atoms with E-state index in [4.69, 9.17) is 0 Å². The van der Waals surface area contributed by atoms with E-state index in [1.54, 1.807) is 35.6 Å². The molecule has 2 aromatic heterocycles. The lowest BCUT2D eigenvalue weighted by atomic mass is 10.2. The average molecular weight is 373 g/mol. The summed E-state index contributed by atoms with van der Waals surface area (Å²) in [5.74, 6) is -0.143. The second-order valence-corrected chi connectivity index (χ2v) is 6.71. The first-order chi connectivity index (χ1) is 12.1. The van der Waals surface area contributed by atoms with Crippen molar-refractivity contribution >= 4 is 46.0 Å². The van der Waals surface area contributed by atoms with Gasteiger partial charge in [0.25, 0.3) is 0 Å². The molecule has 2 heterocycles. The zero-order valence-corrected chi connectivity index (χ0v) is 14.9. The van der Waals surface area contributed by atoms with Crippen LogP contribution in [0, 0.1) is 0 Å². The predicted molar refractivity (Wildman–Crippen MR) is 100 cm³/mol. The number of amides is 2. The molecule has 3 aromatic rings. The summed E-state index contributed by atoms with van der Waals surface area (Å²) in [4.78, 5) is 27.8. The molecule has 3 rings (SSSR count). The van der Waals surface area contributed by atoms with Crippen LogP contribution in [0.1, 0.15) is 5.69 Å². The molecule has 0 spiro atoms. The van der Waals surface area contributed by atoms with Gasteiger partial charge in [-0.25, -0.2) is 9.78 Å². The number of anilines is 2. The van der Waals surface area contributed by atoms with Gasteiger partial charge in [0.1, 0.15) is 5.01 Å². The Morgan fingerprint density at radius 2 is 1.80 bits per heavy atom. The van der Waals surface area contributed by atoms with Crippen molar-refractivity contribution in [2.75, 3.05) is 17.7 Å². The van der Waals surface area contributed by atoms with Crippen LogP contribution in [0.2, 0.25) is 0 Å². The van der Waals surface area contributed by atoms with Crippen molar-refractivity contribution in [3.8, 4) is 10.6 Å². The first kappa shape index (κ1) is 17.1. The highest BCUT2D eigenvalue weighted by molar-refractivity contribution is 7.14. The molecule has 2 N–H and O–H groups in total. The smallest absolute Gasteiger partial charge is 0.411 e.